The highest BCUT2D eigenvalue weighted by atomic mass is 32.1. The third kappa shape index (κ3) is 5.85. The first-order valence-electron chi connectivity index (χ1n) is 21.5. The number of thiophene rings is 1. The zero-order chi connectivity index (χ0) is 41.4. The first-order valence-corrected chi connectivity index (χ1v) is 22.3. The van der Waals surface area contributed by atoms with Gasteiger partial charge < -0.3 is 9.32 Å². The van der Waals surface area contributed by atoms with Gasteiger partial charge in [-0.3, -0.25) is 0 Å². The Balaban J connectivity index is 1.06. The maximum Gasteiger partial charge on any atom is 0.136 e. The maximum atomic E-state index is 6.40. The average molecular weight is 820 g/mol. The molecule has 63 heavy (non-hydrogen) atoms. The molecule has 2 nitrogen and oxygen atoms in total. The summed E-state index contributed by atoms with van der Waals surface area (Å²) in [6.45, 7) is 0. The van der Waals surface area contributed by atoms with E-state index in [-0.39, 0.29) is 0 Å². The van der Waals surface area contributed by atoms with Crippen molar-refractivity contribution in [2.24, 2.45) is 0 Å². The summed E-state index contributed by atoms with van der Waals surface area (Å²) in [5.74, 6) is 0. The van der Waals surface area contributed by atoms with Gasteiger partial charge in [0.15, 0.2) is 0 Å². The Morgan fingerprint density at radius 1 is 0.317 bits per heavy atom. The molecule has 0 unspecified atom stereocenters. The lowest BCUT2D eigenvalue weighted by Gasteiger charge is -2.28. The minimum atomic E-state index is 0.905. The number of furan rings is 1. The smallest absolute Gasteiger partial charge is 0.136 e. The van der Waals surface area contributed by atoms with Crippen molar-refractivity contribution in [1.82, 2.24) is 0 Å². The second kappa shape index (κ2) is 14.3. The fraction of sp³-hybridized carbons (Fsp3) is 0. The molecule has 0 amide bonds. The standard InChI is InChI=1S/C60H37NOS/c1-3-14-38(15-4-1)43-32-40-18-7-8-19-46(40)55(34-43)61(44-28-26-41-33-52(39-16-5-2-6-17-39)48-20-9-10-21-49(48)53(41)36-44)45-29-31-58-54(37-45)60-47(23-13-25-59(60)63-58)42-27-30-51-50-22-11-12-24-56(50)62-57(51)35-42/h1-37H. The van der Waals surface area contributed by atoms with Crippen molar-refractivity contribution in [3.8, 4) is 33.4 Å². The number of hydrogen-bond donors (Lipinski definition) is 0. The third-order valence-electron chi connectivity index (χ3n) is 12.8. The van der Waals surface area contributed by atoms with Crippen molar-refractivity contribution in [2.45, 2.75) is 0 Å². The van der Waals surface area contributed by atoms with Crippen LogP contribution in [-0.4, -0.2) is 0 Å². The summed E-state index contributed by atoms with van der Waals surface area (Å²) in [5.41, 5.74) is 12.3. The third-order valence-corrected chi connectivity index (χ3v) is 13.9. The second-order valence-corrected chi connectivity index (χ2v) is 17.5. The van der Waals surface area contributed by atoms with Crippen molar-refractivity contribution < 1.29 is 4.42 Å². The Morgan fingerprint density at radius 3 is 1.83 bits per heavy atom. The van der Waals surface area contributed by atoms with Gasteiger partial charge in [0, 0.05) is 47.7 Å². The quantitative estimate of drug-likeness (QED) is 0.155. The van der Waals surface area contributed by atoms with Gasteiger partial charge >= 0.3 is 0 Å². The zero-order valence-electron chi connectivity index (χ0n) is 34.1. The molecule has 0 aliphatic rings. The summed E-state index contributed by atoms with van der Waals surface area (Å²) >= 11 is 1.85. The summed E-state index contributed by atoms with van der Waals surface area (Å²) in [6, 6.07) is 82.0. The van der Waals surface area contributed by atoms with E-state index in [0.717, 1.165) is 44.6 Å². The van der Waals surface area contributed by atoms with Crippen LogP contribution in [0.2, 0.25) is 0 Å². The van der Waals surface area contributed by atoms with Gasteiger partial charge in [-0.05, 0) is 133 Å². The molecule has 0 radical (unpaired) electrons. The second-order valence-electron chi connectivity index (χ2n) is 16.4. The van der Waals surface area contributed by atoms with Crippen LogP contribution in [0.5, 0.6) is 0 Å². The lowest BCUT2D eigenvalue weighted by Crippen LogP contribution is -2.11. The number of hydrogen-bond acceptors (Lipinski definition) is 3. The average Bonchev–Trinajstić information content (AvgIpc) is 3.92. The van der Waals surface area contributed by atoms with Gasteiger partial charge in [-0.2, -0.15) is 0 Å². The number of nitrogens with zero attached hydrogens (tertiary/aromatic N) is 1. The van der Waals surface area contributed by atoms with Gasteiger partial charge in [0.05, 0.1) is 5.69 Å². The van der Waals surface area contributed by atoms with Crippen LogP contribution in [0.15, 0.2) is 229 Å². The lowest BCUT2D eigenvalue weighted by atomic mass is 9.92. The van der Waals surface area contributed by atoms with Crippen LogP contribution >= 0.6 is 11.3 Å². The zero-order valence-corrected chi connectivity index (χ0v) is 34.9. The van der Waals surface area contributed by atoms with E-state index in [2.05, 4.69) is 217 Å². The van der Waals surface area contributed by atoms with Crippen molar-refractivity contribution >= 4 is 103 Å². The van der Waals surface area contributed by atoms with Crippen molar-refractivity contribution in [3.05, 3.63) is 224 Å². The molecule has 0 fully saturated rings. The molecule has 0 atom stereocenters. The molecule has 3 heteroatoms. The number of rotatable bonds is 6. The van der Waals surface area contributed by atoms with E-state index in [1.165, 1.54) is 80.3 Å². The van der Waals surface area contributed by atoms with Crippen LogP contribution < -0.4 is 4.90 Å². The summed E-state index contributed by atoms with van der Waals surface area (Å²) in [5, 5.41) is 12.1. The van der Waals surface area contributed by atoms with Crippen LogP contribution in [0, 0.1) is 0 Å². The highest BCUT2D eigenvalue weighted by Crippen LogP contribution is 2.48. The Kier molecular flexibility index (Phi) is 8.12. The Labute approximate surface area is 368 Å². The molecule has 0 saturated heterocycles. The van der Waals surface area contributed by atoms with Gasteiger partial charge in [0.25, 0.3) is 0 Å². The molecule has 2 aromatic heterocycles. The summed E-state index contributed by atoms with van der Waals surface area (Å²) < 4.78 is 8.92. The fourth-order valence-electron chi connectivity index (χ4n) is 9.87. The monoisotopic (exact) mass is 819 g/mol. The molecule has 0 aliphatic carbocycles. The van der Waals surface area contributed by atoms with Crippen LogP contribution in [0.1, 0.15) is 0 Å². The molecule has 13 aromatic rings. The molecule has 0 spiro atoms. The molecular weight excluding hydrogens is 783 g/mol. The molecule has 294 valence electrons. The molecule has 2 heterocycles. The molecule has 13 rings (SSSR count). The molecule has 0 aliphatic heterocycles. The molecule has 0 bridgehead atoms. The van der Waals surface area contributed by atoms with Crippen molar-refractivity contribution in [2.75, 3.05) is 4.90 Å². The summed E-state index contributed by atoms with van der Waals surface area (Å²) in [6.07, 6.45) is 0. The largest absolute Gasteiger partial charge is 0.456 e. The predicted molar refractivity (Wildman–Crippen MR) is 270 cm³/mol. The topological polar surface area (TPSA) is 16.4 Å². The van der Waals surface area contributed by atoms with Gasteiger partial charge in [-0.25, -0.2) is 0 Å². The predicted octanol–water partition coefficient (Wildman–Crippen LogP) is 17.9. The van der Waals surface area contributed by atoms with E-state index in [1.54, 1.807) is 0 Å². The Bertz CT molecular complexity index is 3920. The van der Waals surface area contributed by atoms with E-state index < -0.39 is 0 Å². The minimum Gasteiger partial charge on any atom is -0.456 e. The molecule has 0 N–H and O–H groups in total. The van der Waals surface area contributed by atoms with Crippen LogP contribution in [-0.2, 0) is 0 Å². The summed E-state index contributed by atoms with van der Waals surface area (Å²) in [7, 11) is 0. The van der Waals surface area contributed by atoms with E-state index in [0.29, 0.717) is 0 Å². The first kappa shape index (κ1) is 35.7. The van der Waals surface area contributed by atoms with Gasteiger partial charge in [0.1, 0.15) is 11.2 Å². The molecule has 0 saturated carbocycles. The van der Waals surface area contributed by atoms with E-state index in [4.69, 9.17) is 4.42 Å². The van der Waals surface area contributed by atoms with Crippen LogP contribution in [0.3, 0.4) is 0 Å². The van der Waals surface area contributed by atoms with Gasteiger partial charge in [-0.1, -0.05) is 152 Å². The van der Waals surface area contributed by atoms with E-state index in [1.807, 2.05) is 23.5 Å². The number of anilines is 3. The fourth-order valence-corrected chi connectivity index (χ4v) is 11.0. The van der Waals surface area contributed by atoms with Crippen molar-refractivity contribution in [1.29, 1.82) is 0 Å². The highest BCUT2D eigenvalue weighted by Gasteiger charge is 2.21. The molecule has 11 aromatic carbocycles. The lowest BCUT2D eigenvalue weighted by molar-refractivity contribution is 0.669. The van der Waals surface area contributed by atoms with Gasteiger partial charge in [-0.15, -0.1) is 11.3 Å². The Morgan fingerprint density at radius 2 is 0.984 bits per heavy atom. The normalized spacial score (nSPS) is 11.8. The number of fused-ring (bicyclic) bond motifs is 10. The van der Waals surface area contributed by atoms with Crippen LogP contribution in [0.25, 0.3) is 108 Å². The van der Waals surface area contributed by atoms with Gasteiger partial charge in [0.2, 0.25) is 0 Å². The minimum absolute atomic E-state index is 0.905. The Hall–Kier alpha value is -7.98. The highest BCUT2D eigenvalue weighted by molar-refractivity contribution is 7.26. The first-order chi connectivity index (χ1) is 31.2. The van der Waals surface area contributed by atoms with Crippen molar-refractivity contribution in [3.63, 3.8) is 0 Å². The summed E-state index contributed by atoms with van der Waals surface area (Å²) in [4.78, 5) is 2.49. The SMILES string of the molecule is c1ccc(-c2cc(N(c3ccc4cc(-c5ccccc5)c5ccccc5c4c3)c3ccc4sc5cccc(-c6ccc7c(c6)oc6ccccc67)c5c4c3)c3ccccc3c2)cc1. The van der Waals surface area contributed by atoms with E-state index in [9.17, 15) is 0 Å². The number of benzene rings is 11. The molecular formula is C60H37NOS. The maximum absolute atomic E-state index is 6.40. The van der Waals surface area contributed by atoms with Crippen LogP contribution in [0.4, 0.5) is 17.1 Å². The number of para-hydroxylation sites is 1. The van der Waals surface area contributed by atoms with E-state index >= 15 is 0 Å².